The molecule has 3 fully saturated rings. The fraction of sp³-hybridized carbons (Fsp3) is 0.812. The number of H-pyrrole nitrogens is 1. The molecule has 2 aliphatic carbocycles. The Hall–Kier alpha value is -1.04. The summed E-state index contributed by atoms with van der Waals surface area (Å²) in [5.74, 6) is 3.09. The maximum atomic E-state index is 12.6. The van der Waals surface area contributed by atoms with Crippen LogP contribution in [-0.2, 0) is 4.79 Å². The number of rotatable bonds is 4. The number of fused-ring (bicyclic) bond motifs is 1. The molecule has 2 unspecified atom stereocenters. The molecule has 0 aromatic carbocycles. The van der Waals surface area contributed by atoms with Crippen LogP contribution in [0.15, 0.2) is 5.16 Å². The molecule has 1 aromatic heterocycles. The molecule has 120 valence electrons. The third kappa shape index (κ3) is 3.03. The molecule has 2 atom stereocenters. The minimum Gasteiger partial charge on any atom is -0.339 e. The van der Waals surface area contributed by atoms with Gasteiger partial charge in [0.15, 0.2) is 0 Å². The second-order valence-electron chi connectivity index (χ2n) is 6.91. The van der Waals surface area contributed by atoms with Crippen molar-refractivity contribution in [3.8, 4) is 0 Å². The SMILES string of the molecule is O=C(CSc1n[nH]c(C2CC2)n1)N1CCCC2CCCCC21. The number of amides is 1. The topological polar surface area (TPSA) is 61.9 Å². The van der Waals surface area contributed by atoms with E-state index < -0.39 is 0 Å². The Labute approximate surface area is 135 Å². The highest BCUT2D eigenvalue weighted by molar-refractivity contribution is 7.99. The van der Waals surface area contributed by atoms with Gasteiger partial charge in [0.1, 0.15) is 5.82 Å². The first-order valence-corrected chi connectivity index (χ1v) is 9.64. The number of hydrogen-bond acceptors (Lipinski definition) is 4. The lowest BCUT2D eigenvalue weighted by atomic mass is 9.78. The smallest absolute Gasteiger partial charge is 0.233 e. The lowest BCUT2D eigenvalue weighted by Crippen LogP contribution is -2.50. The van der Waals surface area contributed by atoms with Gasteiger partial charge in [0, 0.05) is 18.5 Å². The van der Waals surface area contributed by atoms with Crippen LogP contribution in [0.25, 0.3) is 0 Å². The molecule has 1 N–H and O–H groups in total. The number of aromatic nitrogens is 3. The molecule has 0 radical (unpaired) electrons. The van der Waals surface area contributed by atoms with E-state index >= 15 is 0 Å². The molecule has 2 heterocycles. The number of thioether (sulfide) groups is 1. The molecule has 5 nitrogen and oxygen atoms in total. The van der Waals surface area contributed by atoms with E-state index in [1.54, 1.807) is 0 Å². The predicted octanol–water partition coefficient (Wildman–Crippen LogP) is 2.96. The molecule has 1 aromatic rings. The van der Waals surface area contributed by atoms with Crippen molar-refractivity contribution in [3.63, 3.8) is 0 Å². The number of hydrogen-bond donors (Lipinski definition) is 1. The van der Waals surface area contributed by atoms with Gasteiger partial charge in [0.25, 0.3) is 0 Å². The van der Waals surface area contributed by atoms with Crippen molar-refractivity contribution in [1.29, 1.82) is 0 Å². The van der Waals surface area contributed by atoms with Gasteiger partial charge in [-0.25, -0.2) is 4.98 Å². The van der Waals surface area contributed by atoms with Crippen molar-refractivity contribution in [2.45, 2.75) is 68.5 Å². The molecule has 4 rings (SSSR count). The van der Waals surface area contributed by atoms with Gasteiger partial charge in [0.05, 0.1) is 5.75 Å². The third-order valence-electron chi connectivity index (χ3n) is 5.33. The molecule has 1 aliphatic heterocycles. The number of carbonyl (C=O) groups is 1. The largest absolute Gasteiger partial charge is 0.339 e. The van der Waals surface area contributed by atoms with Crippen LogP contribution in [0.5, 0.6) is 0 Å². The van der Waals surface area contributed by atoms with Gasteiger partial charge in [0.2, 0.25) is 11.1 Å². The molecule has 6 heteroatoms. The summed E-state index contributed by atoms with van der Waals surface area (Å²) >= 11 is 1.48. The molecule has 1 amide bonds. The predicted molar refractivity (Wildman–Crippen MR) is 85.8 cm³/mol. The normalized spacial score (nSPS) is 28.5. The van der Waals surface area contributed by atoms with Gasteiger partial charge in [-0.05, 0) is 44.4 Å². The monoisotopic (exact) mass is 320 g/mol. The summed E-state index contributed by atoms with van der Waals surface area (Å²) in [5.41, 5.74) is 0. The van der Waals surface area contributed by atoms with Crippen LogP contribution in [0.4, 0.5) is 0 Å². The van der Waals surface area contributed by atoms with E-state index in [1.807, 2.05) is 0 Å². The Morgan fingerprint density at radius 2 is 2.00 bits per heavy atom. The van der Waals surface area contributed by atoms with Crippen molar-refractivity contribution >= 4 is 17.7 Å². The Morgan fingerprint density at radius 3 is 2.86 bits per heavy atom. The molecule has 0 spiro atoms. The van der Waals surface area contributed by atoms with Gasteiger partial charge in [-0.3, -0.25) is 9.89 Å². The first kappa shape index (κ1) is 14.5. The summed E-state index contributed by atoms with van der Waals surface area (Å²) in [6, 6.07) is 0.504. The summed E-state index contributed by atoms with van der Waals surface area (Å²) in [6.45, 7) is 0.946. The lowest BCUT2D eigenvalue weighted by Gasteiger charge is -2.44. The average molecular weight is 320 g/mol. The van der Waals surface area contributed by atoms with Crippen molar-refractivity contribution in [2.75, 3.05) is 12.3 Å². The molecule has 22 heavy (non-hydrogen) atoms. The van der Waals surface area contributed by atoms with Crippen LogP contribution in [0.1, 0.15) is 63.1 Å². The molecule has 0 bridgehead atoms. The van der Waals surface area contributed by atoms with Crippen molar-refractivity contribution in [1.82, 2.24) is 20.1 Å². The zero-order valence-electron chi connectivity index (χ0n) is 13.0. The van der Waals surface area contributed by atoms with E-state index in [9.17, 15) is 4.79 Å². The van der Waals surface area contributed by atoms with E-state index in [4.69, 9.17) is 0 Å². The number of piperidine rings is 1. The highest BCUT2D eigenvalue weighted by Crippen LogP contribution is 2.38. The van der Waals surface area contributed by atoms with Crippen molar-refractivity contribution in [3.05, 3.63) is 5.82 Å². The van der Waals surface area contributed by atoms with Crippen LogP contribution < -0.4 is 0 Å². The summed E-state index contributed by atoms with van der Waals surface area (Å²) < 4.78 is 0. The number of nitrogens with one attached hydrogen (secondary N) is 1. The Bertz CT molecular complexity index is 540. The average Bonchev–Trinajstić information content (AvgIpc) is 3.31. The van der Waals surface area contributed by atoms with Gasteiger partial charge in [-0.1, -0.05) is 24.6 Å². The van der Waals surface area contributed by atoms with E-state index in [0.29, 0.717) is 17.7 Å². The molecular weight excluding hydrogens is 296 g/mol. The van der Waals surface area contributed by atoms with E-state index in [-0.39, 0.29) is 5.91 Å². The van der Waals surface area contributed by atoms with E-state index in [0.717, 1.165) is 23.4 Å². The Morgan fingerprint density at radius 1 is 1.18 bits per heavy atom. The van der Waals surface area contributed by atoms with Gasteiger partial charge < -0.3 is 4.90 Å². The fourth-order valence-corrected chi connectivity index (χ4v) is 4.70. The van der Waals surface area contributed by atoms with Crippen LogP contribution in [-0.4, -0.2) is 44.3 Å². The second-order valence-corrected chi connectivity index (χ2v) is 7.85. The van der Waals surface area contributed by atoms with Crippen molar-refractivity contribution < 1.29 is 4.79 Å². The Kier molecular flexibility index (Phi) is 4.11. The molecule has 1 saturated heterocycles. The number of nitrogens with zero attached hydrogens (tertiary/aromatic N) is 3. The van der Waals surface area contributed by atoms with Gasteiger partial charge in [-0.2, -0.15) is 0 Å². The molecule has 3 aliphatic rings. The maximum Gasteiger partial charge on any atom is 0.233 e. The second kappa shape index (κ2) is 6.22. The van der Waals surface area contributed by atoms with Crippen LogP contribution in [0, 0.1) is 5.92 Å². The molecular formula is C16H24N4OS. The number of carbonyl (C=O) groups excluding carboxylic acids is 1. The lowest BCUT2D eigenvalue weighted by molar-refractivity contribution is -0.134. The third-order valence-corrected chi connectivity index (χ3v) is 6.17. The summed E-state index contributed by atoms with van der Waals surface area (Å²) in [4.78, 5) is 19.3. The summed E-state index contributed by atoms with van der Waals surface area (Å²) in [7, 11) is 0. The van der Waals surface area contributed by atoms with Crippen LogP contribution in [0.3, 0.4) is 0 Å². The minimum atomic E-state index is 0.277. The first-order chi connectivity index (χ1) is 10.8. The van der Waals surface area contributed by atoms with E-state index in [1.165, 1.54) is 63.1 Å². The number of aromatic amines is 1. The zero-order chi connectivity index (χ0) is 14.9. The summed E-state index contributed by atoms with van der Waals surface area (Å²) in [5, 5.41) is 7.97. The standard InChI is InChI=1S/C16H24N4OS/c21-14(10-22-16-17-15(18-19-16)12-7-8-12)20-9-3-5-11-4-1-2-6-13(11)20/h11-13H,1-10H2,(H,17,18,19). The fourth-order valence-electron chi connectivity index (χ4n) is 4.01. The van der Waals surface area contributed by atoms with E-state index in [2.05, 4.69) is 20.1 Å². The van der Waals surface area contributed by atoms with Gasteiger partial charge in [-0.15, -0.1) is 5.10 Å². The highest BCUT2D eigenvalue weighted by atomic mass is 32.2. The maximum absolute atomic E-state index is 12.6. The van der Waals surface area contributed by atoms with Gasteiger partial charge >= 0.3 is 0 Å². The van der Waals surface area contributed by atoms with Crippen molar-refractivity contribution in [2.24, 2.45) is 5.92 Å². The molecule has 2 saturated carbocycles. The first-order valence-electron chi connectivity index (χ1n) is 8.66. The highest BCUT2D eigenvalue weighted by Gasteiger charge is 2.35. The Balaban J connectivity index is 1.34. The zero-order valence-corrected chi connectivity index (χ0v) is 13.8. The number of likely N-dealkylation sites (tertiary alicyclic amines) is 1. The van der Waals surface area contributed by atoms with Crippen LogP contribution >= 0.6 is 11.8 Å². The van der Waals surface area contributed by atoms with Crippen LogP contribution in [0.2, 0.25) is 0 Å². The quantitative estimate of drug-likeness (QED) is 0.867. The summed E-state index contributed by atoms with van der Waals surface area (Å²) in [6.07, 6.45) is 10.1. The minimum absolute atomic E-state index is 0.277.